The van der Waals surface area contributed by atoms with Crippen molar-refractivity contribution in [3.63, 3.8) is 0 Å². The van der Waals surface area contributed by atoms with Crippen molar-refractivity contribution in [3.05, 3.63) is 78.1 Å². The molecular weight excluding hydrogens is 298 g/mol. The zero-order chi connectivity index (χ0) is 16.8. The van der Waals surface area contributed by atoms with Crippen molar-refractivity contribution < 1.29 is 4.74 Å². The molecule has 4 nitrogen and oxygen atoms in total. The van der Waals surface area contributed by atoms with Crippen molar-refractivity contribution >= 4 is 0 Å². The Hall–Kier alpha value is -2.59. The van der Waals surface area contributed by atoms with Crippen LogP contribution in [0.1, 0.15) is 25.0 Å². The van der Waals surface area contributed by atoms with Crippen molar-refractivity contribution in [2.45, 2.75) is 33.0 Å². The highest BCUT2D eigenvalue weighted by Gasteiger charge is 2.01. The maximum Gasteiger partial charge on any atom is 0.119 e. The van der Waals surface area contributed by atoms with E-state index >= 15 is 0 Å². The largest absolute Gasteiger partial charge is 0.491 e. The molecule has 0 unspecified atom stereocenters. The summed E-state index contributed by atoms with van der Waals surface area (Å²) in [5.41, 5.74) is 3.48. The van der Waals surface area contributed by atoms with E-state index in [0.29, 0.717) is 0 Å². The van der Waals surface area contributed by atoms with E-state index in [1.165, 1.54) is 11.1 Å². The maximum absolute atomic E-state index is 5.66. The Morgan fingerprint density at radius 1 is 0.958 bits per heavy atom. The van der Waals surface area contributed by atoms with Gasteiger partial charge < -0.3 is 10.1 Å². The second-order valence-corrected chi connectivity index (χ2v) is 6.04. The number of nitrogens with zero attached hydrogens (tertiary/aromatic N) is 2. The van der Waals surface area contributed by atoms with E-state index < -0.39 is 0 Å². The van der Waals surface area contributed by atoms with E-state index in [1.54, 1.807) is 0 Å². The first-order valence-electron chi connectivity index (χ1n) is 8.26. The Balaban J connectivity index is 1.51. The van der Waals surface area contributed by atoms with E-state index in [1.807, 2.05) is 67.2 Å². The molecule has 0 saturated heterocycles. The van der Waals surface area contributed by atoms with Crippen LogP contribution in [0.4, 0.5) is 0 Å². The number of hydrogen-bond donors (Lipinski definition) is 1. The first-order valence-corrected chi connectivity index (χ1v) is 8.26. The van der Waals surface area contributed by atoms with Crippen molar-refractivity contribution in [2.24, 2.45) is 0 Å². The van der Waals surface area contributed by atoms with Crippen molar-refractivity contribution in [2.75, 3.05) is 0 Å². The fourth-order valence-electron chi connectivity index (χ4n) is 2.48. The third-order valence-corrected chi connectivity index (χ3v) is 3.61. The molecule has 0 aliphatic heterocycles. The summed E-state index contributed by atoms with van der Waals surface area (Å²) in [4.78, 5) is 0. The standard InChI is InChI=1S/C20H23N3O/c1-16(2)24-20-10-8-17(9-11-20)12-21-13-18-14-22-23(15-18)19-6-4-3-5-7-19/h3-11,14-16,21H,12-13H2,1-2H3. The minimum absolute atomic E-state index is 0.204. The first kappa shape index (κ1) is 16.3. The Morgan fingerprint density at radius 3 is 2.38 bits per heavy atom. The molecule has 4 heteroatoms. The van der Waals surface area contributed by atoms with Crippen LogP contribution in [0.15, 0.2) is 67.0 Å². The van der Waals surface area contributed by atoms with Gasteiger partial charge in [-0.05, 0) is 43.7 Å². The average molecular weight is 321 g/mol. The number of rotatable bonds is 7. The number of para-hydroxylation sites is 1. The molecule has 0 aliphatic carbocycles. The average Bonchev–Trinajstić information content (AvgIpc) is 3.06. The molecule has 1 heterocycles. The fraction of sp³-hybridized carbons (Fsp3) is 0.250. The zero-order valence-electron chi connectivity index (χ0n) is 14.1. The van der Waals surface area contributed by atoms with Crippen LogP contribution in [0, 0.1) is 0 Å². The Morgan fingerprint density at radius 2 is 1.67 bits per heavy atom. The van der Waals surface area contributed by atoms with E-state index in [9.17, 15) is 0 Å². The minimum Gasteiger partial charge on any atom is -0.491 e. The van der Waals surface area contributed by atoms with Crippen molar-refractivity contribution in [1.29, 1.82) is 0 Å². The lowest BCUT2D eigenvalue weighted by molar-refractivity contribution is 0.242. The Labute approximate surface area is 143 Å². The summed E-state index contributed by atoms with van der Waals surface area (Å²) >= 11 is 0. The predicted molar refractivity (Wildman–Crippen MR) is 96.3 cm³/mol. The van der Waals surface area contributed by atoms with Gasteiger partial charge in [-0.2, -0.15) is 5.10 Å². The summed E-state index contributed by atoms with van der Waals surface area (Å²) in [5, 5.41) is 7.86. The third-order valence-electron chi connectivity index (χ3n) is 3.61. The van der Waals surface area contributed by atoms with Crippen LogP contribution in [0.3, 0.4) is 0 Å². The van der Waals surface area contributed by atoms with Crippen LogP contribution in [-0.2, 0) is 13.1 Å². The lowest BCUT2D eigenvalue weighted by atomic mass is 10.2. The van der Waals surface area contributed by atoms with Gasteiger partial charge in [0.05, 0.1) is 18.0 Å². The number of nitrogens with one attached hydrogen (secondary N) is 1. The molecule has 2 aromatic carbocycles. The highest BCUT2D eigenvalue weighted by atomic mass is 16.5. The predicted octanol–water partition coefficient (Wildman–Crippen LogP) is 3.95. The molecule has 0 spiro atoms. The lowest BCUT2D eigenvalue weighted by Crippen LogP contribution is -2.12. The van der Waals surface area contributed by atoms with Gasteiger partial charge in [-0.1, -0.05) is 30.3 Å². The topological polar surface area (TPSA) is 39.1 Å². The molecule has 3 aromatic rings. The normalized spacial score (nSPS) is 11.0. The summed E-state index contributed by atoms with van der Waals surface area (Å²) in [6, 6.07) is 18.4. The van der Waals surface area contributed by atoms with E-state index in [4.69, 9.17) is 4.74 Å². The summed E-state index contributed by atoms with van der Waals surface area (Å²) in [6.45, 7) is 5.67. The van der Waals surface area contributed by atoms with Gasteiger partial charge in [0.2, 0.25) is 0 Å². The van der Waals surface area contributed by atoms with Crippen LogP contribution < -0.4 is 10.1 Å². The Kier molecular flexibility index (Phi) is 5.29. The molecule has 1 aromatic heterocycles. The fourth-order valence-corrected chi connectivity index (χ4v) is 2.48. The summed E-state index contributed by atoms with van der Waals surface area (Å²) in [6.07, 6.45) is 4.16. The van der Waals surface area contributed by atoms with Crippen LogP contribution in [0.2, 0.25) is 0 Å². The molecule has 0 saturated carbocycles. The third kappa shape index (κ3) is 4.46. The van der Waals surface area contributed by atoms with Gasteiger partial charge in [-0.15, -0.1) is 0 Å². The van der Waals surface area contributed by atoms with Crippen LogP contribution in [-0.4, -0.2) is 15.9 Å². The van der Waals surface area contributed by atoms with Gasteiger partial charge in [-0.25, -0.2) is 4.68 Å². The van der Waals surface area contributed by atoms with E-state index in [-0.39, 0.29) is 6.10 Å². The van der Waals surface area contributed by atoms with Gasteiger partial charge in [0.1, 0.15) is 5.75 Å². The van der Waals surface area contributed by atoms with E-state index in [0.717, 1.165) is 24.5 Å². The van der Waals surface area contributed by atoms with E-state index in [2.05, 4.69) is 28.7 Å². The lowest BCUT2D eigenvalue weighted by Gasteiger charge is -2.10. The highest BCUT2D eigenvalue weighted by molar-refractivity contribution is 5.31. The van der Waals surface area contributed by atoms with Gasteiger partial charge in [-0.3, -0.25) is 0 Å². The second kappa shape index (κ2) is 7.79. The summed E-state index contributed by atoms with van der Waals surface area (Å²) < 4.78 is 7.55. The van der Waals surface area contributed by atoms with Gasteiger partial charge >= 0.3 is 0 Å². The molecule has 0 atom stereocenters. The smallest absolute Gasteiger partial charge is 0.119 e. The molecule has 0 fully saturated rings. The molecule has 3 rings (SSSR count). The molecule has 0 radical (unpaired) electrons. The quantitative estimate of drug-likeness (QED) is 0.716. The summed E-state index contributed by atoms with van der Waals surface area (Å²) in [7, 11) is 0. The zero-order valence-corrected chi connectivity index (χ0v) is 14.1. The Bertz CT molecular complexity index is 748. The first-order chi connectivity index (χ1) is 11.7. The van der Waals surface area contributed by atoms with Crippen LogP contribution in [0.25, 0.3) is 5.69 Å². The van der Waals surface area contributed by atoms with Crippen LogP contribution in [0.5, 0.6) is 5.75 Å². The number of benzene rings is 2. The van der Waals surface area contributed by atoms with Crippen molar-refractivity contribution in [3.8, 4) is 11.4 Å². The SMILES string of the molecule is CC(C)Oc1ccc(CNCc2cnn(-c3ccccc3)c2)cc1. The molecule has 0 amide bonds. The van der Waals surface area contributed by atoms with Gasteiger partial charge in [0, 0.05) is 24.8 Å². The number of hydrogen-bond acceptors (Lipinski definition) is 3. The minimum atomic E-state index is 0.204. The van der Waals surface area contributed by atoms with Crippen LogP contribution >= 0.6 is 0 Å². The molecule has 0 bridgehead atoms. The maximum atomic E-state index is 5.66. The number of aromatic nitrogens is 2. The number of ether oxygens (including phenoxy) is 1. The summed E-state index contributed by atoms with van der Waals surface area (Å²) in [5.74, 6) is 0.915. The molecular formula is C20H23N3O. The highest BCUT2D eigenvalue weighted by Crippen LogP contribution is 2.14. The molecule has 0 aliphatic rings. The van der Waals surface area contributed by atoms with Gasteiger partial charge in [0.25, 0.3) is 0 Å². The monoisotopic (exact) mass is 321 g/mol. The second-order valence-electron chi connectivity index (χ2n) is 6.04. The van der Waals surface area contributed by atoms with Crippen molar-refractivity contribution in [1.82, 2.24) is 15.1 Å². The molecule has 124 valence electrons. The molecule has 1 N–H and O–H groups in total. The van der Waals surface area contributed by atoms with Gasteiger partial charge in [0.15, 0.2) is 0 Å². The molecule has 24 heavy (non-hydrogen) atoms.